The predicted molar refractivity (Wildman–Crippen MR) is 237 cm³/mol. The van der Waals surface area contributed by atoms with Crippen LogP contribution in [-0.4, -0.2) is 63.5 Å². The Bertz CT molecular complexity index is 1380. The maximum absolute atomic E-state index is 12.4. The number of rotatable bonds is 36. The van der Waals surface area contributed by atoms with E-state index in [0.717, 1.165) is 44.9 Å². The van der Waals surface area contributed by atoms with Crippen LogP contribution >= 0.6 is 7.82 Å². The van der Waals surface area contributed by atoms with Crippen molar-refractivity contribution in [2.24, 2.45) is 0 Å². The molecule has 0 heterocycles. The first-order chi connectivity index (χ1) is 28.1. The SMILES string of the molecule is CC/C=C\C[C@H](O)/C=C/C=C\C/C=C\C=C\[C@H](O)/C=C\CCCC(=O)O[C@H](COC(=O)CCCCC/C=C\C/C=C\C/C=C\C/C=C\CCCCC)COP(=O)(O)O. The van der Waals surface area contributed by atoms with Gasteiger partial charge >= 0.3 is 19.8 Å². The van der Waals surface area contributed by atoms with E-state index in [4.69, 9.17) is 19.3 Å². The molecule has 0 rings (SSSR count). The number of hydrogen-bond donors (Lipinski definition) is 4. The molecule has 0 aliphatic carbocycles. The highest BCUT2D eigenvalue weighted by Crippen LogP contribution is 2.36. The molecule has 326 valence electrons. The molecule has 3 atom stereocenters. The van der Waals surface area contributed by atoms with Crippen LogP contribution in [0.25, 0.3) is 0 Å². The predicted octanol–water partition coefficient (Wildman–Crippen LogP) is 10.9. The van der Waals surface area contributed by atoms with Crippen LogP contribution in [0.3, 0.4) is 0 Å². The van der Waals surface area contributed by atoms with Crippen molar-refractivity contribution in [3.63, 3.8) is 0 Å². The van der Waals surface area contributed by atoms with Gasteiger partial charge in [-0.05, 0) is 83.5 Å². The third kappa shape index (κ3) is 42.0. The first-order valence-electron chi connectivity index (χ1n) is 21.1. The number of phosphoric ester groups is 1. The summed E-state index contributed by atoms with van der Waals surface area (Å²) in [4.78, 5) is 42.9. The van der Waals surface area contributed by atoms with Crippen molar-refractivity contribution in [2.75, 3.05) is 13.2 Å². The summed E-state index contributed by atoms with van der Waals surface area (Å²) in [6.07, 6.45) is 51.3. The molecule has 0 aliphatic heterocycles. The minimum atomic E-state index is -4.83. The number of phosphoric acid groups is 1. The first kappa shape index (κ1) is 54.4. The van der Waals surface area contributed by atoms with Gasteiger partial charge < -0.3 is 29.5 Å². The molecule has 0 unspecified atom stereocenters. The summed E-state index contributed by atoms with van der Waals surface area (Å²) >= 11 is 0. The molecule has 0 fully saturated rings. The van der Waals surface area contributed by atoms with E-state index in [0.29, 0.717) is 32.1 Å². The Balaban J connectivity index is 4.27. The number of hydrogen-bond acceptors (Lipinski definition) is 8. The Hall–Kier alpha value is -3.63. The lowest BCUT2D eigenvalue weighted by molar-refractivity contribution is -0.161. The molecule has 4 N–H and O–H groups in total. The van der Waals surface area contributed by atoms with Crippen LogP contribution in [0.2, 0.25) is 0 Å². The van der Waals surface area contributed by atoms with Gasteiger partial charge in [0.25, 0.3) is 0 Å². The average Bonchev–Trinajstić information content (AvgIpc) is 3.18. The summed E-state index contributed by atoms with van der Waals surface area (Å²) in [5.41, 5.74) is 0. The lowest BCUT2D eigenvalue weighted by Crippen LogP contribution is -2.29. The van der Waals surface area contributed by atoms with Crippen LogP contribution in [-0.2, 0) is 28.2 Å². The summed E-state index contributed by atoms with van der Waals surface area (Å²) in [6.45, 7) is 3.26. The summed E-state index contributed by atoms with van der Waals surface area (Å²) in [5.74, 6) is -1.12. The van der Waals surface area contributed by atoms with Gasteiger partial charge in [0.2, 0.25) is 0 Å². The normalized spacial score (nSPS) is 14.8. The fourth-order valence-electron chi connectivity index (χ4n) is 4.98. The van der Waals surface area contributed by atoms with Crippen LogP contribution < -0.4 is 0 Å². The molecular weight excluding hydrogens is 755 g/mol. The zero-order chi connectivity index (χ0) is 42.8. The smallest absolute Gasteiger partial charge is 0.462 e. The van der Waals surface area contributed by atoms with Gasteiger partial charge in [0.1, 0.15) is 6.61 Å². The second-order valence-corrected chi connectivity index (χ2v) is 14.9. The van der Waals surface area contributed by atoms with E-state index in [-0.39, 0.29) is 19.4 Å². The van der Waals surface area contributed by atoms with E-state index in [2.05, 4.69) is 60.1 Å². The fraction of sp³-hybridized carbons (Fsp3) is 0.532. The van der Waals surface area contributed by atoms with E-state index in [1.54, 1.807) is 30.4 Å². The molecule has 0 radical (unpaired) electrons. The number of carbonyl (C=O) groups is 2. The largest absolute Gasteiger partial charge is 0.469 e. The molecule has 0 saturated heterocycles. The molecule has 0 saturated carbocycles. The van der Waals surface area contributed by atoms with Gasteiger partial charge in [-0.15, -0.1) is 0 Å². The lowest BCUT2D eigenvalue weighted by atomic mass is 10.1. The molecule has 0 aromatic rings. The van der Waals surface area contributed by atoms with Crippen molar-refractivity contribution >= 4 is 19.8 Å². The standard InChI is InChI=1S/C47H73O10P/c1-3-5-7-8-9-10-11-12-13-14-15-16-17-18-19-20-24-27-33-39-46(50)55-41-45(42-56-58(52,53)54)57-47(51)40-34-28-32-38-44(49)37-31-26-23-21-22-25-30-36-43(48)35-29-6-4-2/h6,9-10,12-13,15-16,18-19,22-23,25-26,29-32,36-38,43-45,48-49H,3-5,7-8,11,14,17,20-21,24,27-28,33-35,39-42H2,1-2H3,(H2,52,53,54)/b10-9-,13-12-,16-15-,19-18-,25-22-,26-23-,29-6-,36-30+,37-31+,38-32-/t43-,44-,45+/m0/s1. The number of esters is 2. The van der Waals surface area contributed by atoms with Crippen molar-refractivity contribution in [1.82, 2.24) is 0 Å². The number of aliphatic hydroxyl groups is 2. The second-order valence-electron chi connectivity index (χ2n) is 13.6. The maximum atomic E-state index is 12.4. The highest BCUT2D eigenvalue weighted by molar-refractivity contribution is 7.46. The van der Waals surface area contributed by atoms with Crippen molar-refractivity contribution in [3.8, 4) is 0 Å². The summed E-state index contributed by atoms with van der Waals surface area (Å²) < 4.78 is 26.2. The van der Waals surface area contributed by atoms with E-state index in [1.807, 2.05) is 49.5 Å². The van der Waals surface area contributed by atoms with Gasteiger partial charge in [-0.2, -0.15) is 0 Å². The van der Waals surface area contributed by atoms with Gasteiger partial charge in [0.15, 0.2) is 6.10 Å². The third-order valence-corrected chi connectivity index (χ3v) is 8.62. The molecule has 10 nitrogen and oxygen atoms in total. The summed E-state index contributed by atoms with van der Waals surface area (Å²) in [7, 11) is -4.83. The van der Waals surface area contributed by atoms with Crippen LogP contribution in [0.4, 0.5) is 0 Å². The van der Waals surface area contributed by atoms with E-state index >= 15 is 0 Å². The van der Waals surface area contributed by atoms with Gasteiger partial charge in [-0.1, -0.05) is 155 Å². The topological polar surface area (TPSA) is 160 Å². The Kier molecular flexibility index (Phi) is 37.6. The quantitative estimate of drug-likeness (QED) is 0.0157. The minimum absolute atomic E-state index is 0.0103. The fourth-order valence-corrected chi connectivity index (χ4v) is 5.34. The summed E-state index contributed by atoms with van der Waals surface area (Å²) in [5, 5.41) is 19.9. The zero-order valence-corrected chi connectivity index (χ0v) is 36.0. The molecule has 0 amide bonds. The van der Waals surface area contributed by atoms with Crippen LogP contribution in [0.5, 0.6) is 0 Å². The molecule has 58 heavy (non-hydrogen) atoms. The maximum Gasteiger partial charge on any atom is 0.469 e. The van der Waals surface area contributed by atoms with Gasteiger partial charge in [0.05, 0.1) is 18.8 Å². The van der Waals surface area contributed by atoms with E-state index < -0.39 is 44.7 Å². The molecular formula is C47H73O10P. The van der Waals surface area contributed by atoms with E-state index in [1.165, 1.54) is 25.7 Å². The Morgan fingerprint density at radius 1 is 0.569 bits per heavy atom. The molecule has 0 aromatic carbocycles. The van der Waals surface area contributed by atoms with Crippen LogP contribution in [0, 0.1) is 0 Å². The number of unbranched alkanes of at least 4 members (excludes halogenated alkanes) is 7. The monoisotopic (exact) mass is 828 g/mol. The number of carbonyl (C=O) groups excluding carboxylic acids is 2. The lowest BCUT2D eigenvalue weighted by Gasteiger charge is -2.18. The third-order valence-electron chi connectivity index (χ3n) is 8.14. The number of aliphatic hydroxyl groups excluding tert-OH is 2. The Labute approximate surface area is 349 Å². The molecule has 0 aromatic heterocycles. The minimum Gasteiger partial charge on any atom is -0.462 e. The summed E-state index contributed by atoms with van der Waals surface area (Å²) in [6, 6.07) is 0. The van der Waals surface area contributed by atoms with Crippen molar-refractivity contribution < 1.29 is 48.2 Å². The van der Waals surface area contributed by atoms with E-state index in [9.17, 15) is 24.4 Å². The number of allylic oxidation sites excluding steroid dienone is 16. The van der Waals surface area contributed by atoms with Gasteiger partial charge in [-0.3, -0.25) is 14.1 Å². The highest BCUT2D eigenvalue weighted by atomic mass is 31.2. The van der Waals surface area contributed by atoms with Crippen molar-refractivity contribution in [1.29, 1.82) is 0 Å². The van der Waals surface area contributed by atoms with Gasteiger partial charge in [-0.25, -0.2) is 4.57 Å². The zero-order valence-electron chi connectivity index (χ0n) is 35.1. The molecule has 0 aliphatic rings. The van der Waals surface area contributed by atoms with Crippen molar-refractivity contribution in [2.45, 2.75) is 148 Å². The highest BCUT2D eigenvalue weighted by Gasteiger charge is 2.22. The van der Waals surface area contributed by atoms with Gasteiger partial charge in [0, 0.05) is 12.8 Å². The van der Waals surface area contributed by atoms with Crippen LogP contribution in [0.1, 0.15) is 129 Å². The van der Waals surface area contributed by atoms with Crippen LogP contribution in [0.15, 0.2) is 122 Å². The Morgan fingerprint density at radius 3 is 1.76 bits per heavy atom. The molecule has 0 spiro atoms. The van der Waals surface area contributed by atoms with Crippen molar-refractivity contribution in [3.05, 3.63) is 122 Å². The second kappa shape index (κ2) is 40.2. The first-order valence-corrected chi connectivity index (χ1v) is 22.6. The number of ether oxygens (including phenoxy) is 2. The molecule has 0 bridgehead atoms. The Morgan fingerprint density at radius 2 is 1.14 bits per heavy atom. The average molecular weight is 829 g/mol. The molecule has 11 heteroatoms.